The maximum absolute atomic E-state index is 10.5. The van der Waals surface area contributed by atoms with E-state index >= 15 is 0 Å². The number of nitrogens with zero attached hydrogens (tertiary/aromatic N) is 3. The topological polar surface area (TPSA) is 61.0 Å². The number of aromatic nitrogens is 2. The van der Waals surface area contributed by atoms with Gasteiger partial charge in [0, 0.05) is 6.92 Å². The van der Waals surface area contributed by atoms with Crippen molar-refractivity contribution in [1.82, 2.24) is 9.55 Å². The number of rotatable bonds is 3. The summed E-state index contributed by atoms with van der Waals surface area (Å²) in [6.45, 7) is 12.4. The highest BCUT2D eigenvalue weighted by Crippen LogP contribution is 2.13. The highest BCUT2D eigenvalue weighted by Gasteiger charge is 2.15. The van der Waals surface area contributed by atoms with Crippen LogP contribution in [0.3, 0.4) is 0 Å². The largest absolute Gasteiger partial charge is 0.358 e. The fraction of sp³-hybridized carbons (Fsp3) is 0.727. The van der Waals surface area contributed by atoms with Gasteiger partial charge in [-0.25, -0.2) is 9.55 Å². The van der Waals surface area contributed by atoms with E-state index in [2.05, 4.69) is 4.98 Å². The average Bonchev–Trinajstić information content (AvgIpc) is 2.67. The van der Waals surface area contributed by atoms with Gasteiger partial charge < -0.3 is 10.1 Å². The van der Waals surface area contributed by atoms with E-state index in [9.17, 15) is 10.1 Å². The quantitative estimate of drug-likeness (QED) is 0.588. The molecule has 16 heavy (non-hydrogen) atoms. The summed E-state index contributed by atoms with van der Waals surface area (Å²) in [5.41, 5.74) is 0. The Labute approximate surface area is 97.7 Å². The van der Waals surface area contributed by atoms with Crippen molar-refractivity contribution in [3.05, 3.63) is 22.1 Å². The van der Waals surface area contributed by atoms with Crippen LogP contribution >= 0.6 is 0 Å². The molecular weight excluding hydrogens is 206 g/mol. The van der Waals surface area contributed by atoms with Crippen molar-refractivity contribution < 1.29 is 4.92 Å². The minimum Gasteiger partial charge on any atom is -0.358 e. The molecule has 0 radical (unpaired) electrons. The molecule has 5 heteroatoms. The van der Waals surface area contributed by atoms with Crippen LogP contribution in [0.15, 0.2) is 6.20 Å². The minimum absolute atomic E-state index is 0.0781. The summed E-state index contributed by atoms with van der Waals surface area (Å²) in [5.74, 6) is 0.776. The first-order chi connectivity index (χ1) is 7.66. The summed E-state index contributed by atoms with van der Waals surface area (Å²) < 4.78 is 1.61. The molecule has 0 spiro atoms. The standard InChI is InChI=1S/C7H11N3O2.2C2H6/c1-3-4-9-6(2)8-5-7(9)10(11)12;2*1-2/h5H,3-4H2,1-2H3;2*1-2H3. The molecule has 0 unspecified atom stereocenters. The molecule has 1 aromatic rings. The number of hydrogen-bond donors (Lipinski definition) is 0. The maximum atomic E-state index is 10.5. The van der Waals surface area contributed by atoms with E-state index in [4.69, 9.17) is 0 Å². The van der Waals surface area contributed by atoms with Crippen LogP contribution in [0.1, 0.15) is 46.9 Å². The van der Waals surface area contributed by atoms with Crippen LogP contribution in [0, 0.1) is 17.0 Å². The molecule has 5 nitrogen and oxygen atoms in total. The second-order valence-corrected chi connectivity index (χ2v) is 2.57. The number of imidazole rings is 1. The molecule has 1 heterocycles. The van der Waals surface area contributed by atoms with Crippen molar-refractivity contribution in [2.45, 2.75) is 54.5 Å². The second-order valence-electron chi connectivity index (χ2n) is 2.57. The summed E-state index contributed by atoms with van der Waals surface area (Å²) in [4.78, 5) is 13.9. The lowest BCUT2D eigenvalue weighted by atomic mass is 10.4. The van der Waals surface area contributed by atoms with Gasteiger partial charge in [0.25, 0.3) is 0 Å². The van der Waals surface area contributed by atoms with Gasteiger partial charge >= 0.3 is 5.82 Å². The van der Waals surface area contributed by atoms with E-state index in [1.54, 1.807) is 11.5 Å². The number of nitro groups is 1. The average molecular weight is 229 g/mol. The molecule has 94 valence electrons. The Balaban J connectivity index is 0. The third-order valence-corrected chi connectivity index (χ3v) is 1.67. The van der Waals surface area contributed by atoms with E-state index < -0.39 is 4.92 Å². The maximum Gasteiger partial charge on any atom is 0.342 e. The van der Waals surface area contributed by atoms with Crippen LogP contribution in [0.5, 0.6) is 0 Å². The number of hydrogen-bond acceptors (Lipinski definition) is 3. The second kappa shape index (κ2) is 10.1. The SMILES string of the molecule is CC.CC.CCCn1c([N+](=O)[O-])cnc1C. The van der Waals surface area contributed by atoms with Gasteiger partial charge in [-0.3, -0.25) is 0 Å². The van der Waals surface area contributed by atoms with Crippen molar-refractivity contribution in [2.75, 3.05) is 0 Å². The Bertz CT molecular complexity index is 295. The fourth-order valence-electron chi connectivity index (χ4n) is 1.10. The summed E-state index contributed by atoms with van der Waals surface area (Å²) in [7, 11) is 0. The minimum atomic E-state index is -0.407. The molecular formula is C11H23N3O2. The van der Waals surface area contributed by atoms with E-state index in [0.717, 1.165) is 6.42 Å². The Kier molecular flexibility index (Phi) is 10.8. The van der Waals surface area contributed by atoms with E-state index in [-0.39, 0.29) is 5.82 Å². The Morgan fingerprint density at radius 3 is 2.25 bits per heavy atom. The lowest BCUT2D eigenvalue weighted by Crippen LogP contribution is -2.03. The third kappa shape index (κ3) is 4.91. The predicted molar refractivity (Wildman–Crippen MR) is 66.6 cm³/mol. The van der Waals surface area contributed by atoms with Crippen LogP contribution in [0.2, 0.25) is 0 Å². The van der Waals surface area contributed by atoms with Gasteiger partial charge in [-0.1, -0.05) is 34.6 Å². The smallest absolute Gasteiger partial charge is 0.342 e. The van der Waals surface area contributed by atoms with Crippen molar-refractivity contribution >= 4 is 5.82 Å². The van der Waals surface area contributed by atoms with Gasteiger partial charge in [-0.2, -0.15) is 0 Å². The summed E-state index contributed by atoms with van der Waals surface area (Å²) in [6, 6.07) is 0. The molecule has 0 aliphatic heterocycles. The Hall–Kier alpha value is -1.39. The van der Waals surface area contributed by atoms with Crippen molar-refractivity contribution in [3.63, 3.8) is 0 Å². The zero-order valence-electron chi connectivity index (χ0n) is 11.1. The molecule has 0 amide bonds. The van der Waals surface area contributed by atoms with E-state index in [0.29, 0.717) is 12.4 Å². The molecule has 0 atom stereocenters. The first-order valence-electron chi connectivity index (χ1n) is 5.83. The lowest BCUT2D eigenvalue weighted by molar-refractivity contribution is -0.392. The molecule has 0 aliphatic rings. The lowest BCUT2D eigenvalue weighted by Gasteiger charge is -1.99. The zero-order valence-corrected chi connectivity index (χ0v) is 11.1. The number of aryl methyl sites for hydroxylation is 1. The normalized spacial score (nSPS) is 8.38. The molecule has 1 aromatic heterocycles. The van der Waals surface area contributed by atoms with Gasteiger partial charge in [-0.15, -0.1) is 0 Å². The molecule has 0 saturated heterocycles. The van der Waals surface area contributed by atoms with Crippen molar-refractivity contribution in [1.29, 1.82) is 0 Å². The van der Waals surface area contributed by atoms with Crippen molar-refractivity contribution in [3.8, 4) is 0 Å². The van der Waals surface area contributed by atoms with Crippen LogP contribution in [0.25, 0.3) is 0 Å². The molecule has 0 aliphatic carbocycles. The van der Waals surface area contributed by atoms with Gasteiger partial charge in [0.15, 0.2) is 5.82 Å². The molecule has 0 saturated carbocycles. The van der Waals surface area contributed by atoms with Gasteiger partial charge in [0.1, 0.15) is 6.20 Å². The van der Waals surface area contributed by atoms with Gasteiger partial charge in [0.05, 0.1) is 6.54 Å². The third-order valence-electron chi connectivity index (χ3n) is 1.67. The van der Waals surface area contributed by atoms with Crippen LogP contribution in [-0.2, 0) is 6.54 Å². The molecule has 0 fully saturated rings. The summed E-state index contributed by atoms with van der Waals surface area (Å²) in [6.07, 6.45) is 2.17. The van der Waals surface area contributed by atoms with Gasteiger partial charge in [-0.05, 0) is 11.3 Å². The summed E-state index contributed by atoms with van der Waals surface area (Å²) in [5, 5.41) is 10.5. The molecule has 0 bridgehead atoms. The molecule has 0 aromatic carbocycles. The van der Waals surface area contributed by atoms with E-state index in [1.807, 2.05) is 34.6 Å². The molecule has 0 N–H and O–H groups in total. The Morgan fingerprint density at radius 2 is 1.88 bits per heavy atom. The first kappa shape index (κ1) is 17.0. The van der Waals surface area contributed by atoms with Crippen LogP contribution < -0.4 is 0 Å². The summed E-state index contributed by atoms with van der Waals surface area (Å²) >= 11 is 0. The molecule has 1 rings (SSSR count). The first-order valence-corrected chi connectivity index (χ1v) is 5.83. The Morgan fingerprint density at radius 1 is 1.38 bits per heavy atom. The van der Waals surface area contributed by atoms with Crippen LogP contribution in [-0.4, -0.2) is 14.5 Å². The van der Waals surface area contributed by atoms with Crippen LogP contribution in [0.4, 0.5) is 5.82 Å². The highest BCUT2D eigenvalue weighted by atomic mass is 16.6. The zero-order chi connectivity index (χ0) is 13.1. The van der Waals surface area contributed by atoms with Crippen molar-refractivity contribution in [2.24, 2.45) is 0 Å². The van der Waals surface area contributed by atoms with E-state index in [1.165, 1.54) is 6.20 Å². The monoisotopic (exact) mass is 229 g/mol. The highest BCUT2D eigenvalue weighted by molar-refractivity contribution is 5.18. The van der Waals surface area contributed by atoms with Gasteiger partial charge in [0.2, 0.25) is 0 Å². The predicted octanol–water partition coefficient (Wildman–Crippen LogP) is 3.56. The fourth-order valence-corrected chi connectivity index (χ4v) is 1.10.